The quantitative estimate of drug-likeness (QED) is 0.850. The summed E-state index contributed by atoms with van der Waals surface area (Å²) in [6, 6.07) is 7.85. The minimum Gasteiger partial charge on any atom is -0.376 e. The van der Waals surface area contributed by atoms with Crippen molar-refractivity contribution in [3.05, 3.63) is 29.8 Å². The zero-order chi connectivity index (χ0) is 16.5. The number of hydrogen-bond acceptors (Lipinski definition) is 6. The molecule has 0 aliphatic carbocycles. The number of fused-ring (bicyclic) bond motifs is 1. The molecular formula is C16H20N6O2. The van der Waals surface area contributed by atoms with E-state index in [0.29, 0.717) is 23.0 Å². The van der Waals surface area contributed by atoms with Crippen molar-refractivity contribution in [1.29, 1.82) is 0 Å². The number of morpholine rings is 1. The van der Waals surface area contributed by atoms with Crippen LogP contribution in [0.4, 0.5) is 0 Å². The average Bonchev–Trinajstić information content (AvgIpc) is 3.23. The van der Waals surface area contributed by atoms with Crippen molar-refractivity contribution in [3.63, 3.8) is 0 Å². The molecule has 0 bridgehead atoms. The number of benzene rings is 1. The van der Waals surface area contributed by atoms with Gasteiger partial charge in [-0.25, -0.2) is 0 Å². The van der Waals surface area contributed by atoms with E-state index in [4.69, 9.17) is 4.74 Å². The van der Waals surface area contributed by atoms with Crippen molar-refractivity contribution in [3.8, 4) is 11.4 Å². The number of tetrazole rings is 1. The van der Waals surface area contributed by atoms with E-state index in [9.17, 15) is 4.79 Å². The second-order valence-electron chi connectivity index (χ2n) is 6.44. The zero-order valence-corrected chi connectivity index (χ0v) is 13.5. The summed E-state index contributed by atoms with van der Waals surface area (Å²) in [6.45, 7) is 4.63. The maximum absolute atomic E-state index is 12.7. The third-order valence-corrected chi connectivity index (χ3v) is 4.69. The number of rotatable bonds is 3. The van der Waals surface area contributed by atoms with E-state index < -0.39 is 0 Å². The molecule has 0 saturated carbocycles. The van der Waals surface area contributed by atoms with Crippen molar-refractivity contribution < 1.29 is 9.53 Å². The van der Waals surface area contributed by atoms with E-state index in [-0.39, 0.29) is 18.1 Å². The fraction of sp³-hybridized carbons (Fsp3) is 0.500. The monoisotopic (exact) mass is 328 g/mol. The van der Waals surface area contributed by atoms with Gasteiger partial charge in [-0.2, -0.15) is 5.21 Å². The van der Waals surface area contributed by atoms with Crippen molar-refractivity contribution >= 4 is 5.91 Å². The van der Waals surface area contributed by atoms with Crippen LogP contribution in [0, 0.1) is 0 Å². The van der Waals surface area contributed by atoms with Gasteiger partial charge in [-0.1, -0.05) is 18.2 Å². The number of carbonyl (C=O) groups excluding carboxylic acids is 1. The summed E-state index contributed by atoms with van der Waals surface area (Å²) in [4.78, 5) is 15.1. The summed E-state index contributed by atoms with van der Waals surface area (Å²) in [5, 5.41) is 17.1. The molecule has 2 saturated heterocycles. The van der Waals surface area contributed by atoms with E-state index in [2.05, 4.69) is 37.8 Å². The van der Waals surface area contributed by atoms with Crippen molar-refractivity contribution in [2.45, 2.75) is 31.5 Å². The highest BCUT2D eigenvalue weighted by Crippen LogP contribution is 2.24. The van der Waals surface area contributed by atoms with Crippen molar-refractivity contribution in [1.82, 2.24) is 30.8 Å². The second kappa shape index (κ2) is 6.29. The van der Waals surface area contributed by atoms with Crippen LogP contribution >= 0.6 is 0 Å². The lowest BCUT2D eigenvalue weighted by atomic mass is 10.1. The van der Waals surface area contributed by atoms with Gasteiger partial charge in [-0.05, 0) is 24.6 Å². The maximum atomic E-state index is 12.7. The number of aromatic amines is 1. The van der Waals surface area contributed by atoms with Gasteiger partial charge < -0.3 is 10.1 Å². The molecule has 0 unspecified atom stereocenters. The first kappa shape index (κ1) is 15.2. The molecule has 2 aliphatic heterocycles. The van der Waals surface area contributed by atoms with Crippen LogP contribution in [0.1, 0.15) is 23.7 Å². The molecule has 0 radical (unpaired) electrons. The standard InChI is InChI=1S/C16H20N6O2/c1-10-7-22-8-11(6-12(22)9-24-10)17-16(23)14-5-3-2-4-13(14)15-18-20-21-19-15/h2-5,10-12H,6-9H2,1H3,(H,17,23)(H,18,19,20,21)/t10-,11-,12-/m0/s1. The molecule has 2 fully saturated rings. The molecule has 1 amide bonds. The van der Waals surface area contributed by atoms with Gasteiger partial charge in [-0.15, -0.1) is 10.2 Å². The second-order valence-corrected chi connectivity index (χ2v) is 6.44. The van der Waals surface area contributed by atoms with Gasteiger partial charge in [0, 0.05) is 30.7 Å². The Morgan fingerprint density at radius 2 is 2.25 bits per heavy atom. The van der Waals surface area contributed by atoms with Crippen molar-refractivity contribution in [2.24, 2.45) is 0 Å². The Kier molecular flexibility index (Phi) is 3.99. The molecule has 2 aliphatic rings. The molecule has 0 spiro atoms. The number of nitrogens with zero attached hydrogens (tertiary/aromatic N) is 4. The topological polar surface area (TPSA) is 96.0 Å². The Labute approximate surface area is 139 Å². The number of nitrogens with one attached hydrogen (secondary N) is 2. The third-order valence-electron chi connectivity index (χ3n) is 4.69. The molecule has 8 nitrogen and oxygen atoms in total. The molecule has 1 aromatic carbocycles. The van der Waals surface area contributed by atoms with Gasteiger partial charge in [-0.3, -0.25) is 9.69 Å². The van der Waals surface area contributed by atoms with Gasteiger partial charge in [0.05, 0.1) is 18.3 Å². The van der Waals surface area contributed by atoms with Crippen molar-refractivity contribution in [2.75, 3.05) is 19.7 Å². The minimum absolute atomic E-state index is 0.103. The molecule has 126 valence electrons. The Morgan fingerprint density at radius 1 is 1.38 bits per heavy atom. The number of H-pyrrole nitrogens is 1. The molecular weight excluding hydrogens is 308 g/mol. The summed E-state index contributed by atoms with van der Waals surface area (Å²) in [5.74, 6) is 0.320. The zero-order valence-electron chi connectivity index (χ0n) is 13.5. The van der Waals surface area contributed by atoms with Gasteiger partial charge in [0.15, 0.2) is 0 Å². The Bertz CT molecular complexity index is 719. The lowest BCUT2D eigenvalue weighted by Crippen LogP contribution is -2.45. The highest BCUT2D eigenvalue weighted by Gasteiger charge is 2.37. The Balaban J connectivity index is 1.48. The minimum atomic E-state index is -0.103. The number of ether oxygens (including phenoxy) is 1. The fourth-order valence-corrected chi connectivity index (χ4v) is 3.56. The molecule has 8 heteroatoms. The first-order valence-electron chi connectivity index (χ1n) is 8.20. The molecule has 4 rings (SSSR count). The summed E-state index contributed by atoms with van der Waals surface area (Å²) in [5.41, 5.74) is 1.24. The predicted molar refractivity (Wildman–Crippen MR) is 86.3 cm³/mol. The number of aromatic nitrogens is 4. The fourth-order valence-electron chi connectivity index (χ4n) is 3.56. The predicted octanol–water partition coefficient (Wildman–Crippen LogP) is 0.458. The molecule has 3 atom stereocenters. The van der Waals surface area contributed by atoms with Crippen LogP contribution in [0.5, 0.6) is 0 Å². The number of carbonyl (C=O) groups is 1. The number of amides is 1. The van der Waals surface area contributed by atoms with Crippen LogP contribution in [0.15, 0.2) is 24.3 Å². The lowest BCUT2D eigenvalue weighted by Gasteiger charge is -2.33. The highest BCUT2D eigenvalue weighted by molar-refractivity contribution is 6.00. The summed E-state index contributed by atoms with van der Waals surface area (Å²) >= 11 is 0. The first-order chi connectivity index (χ1) is 11.7. The summed E-state index contributed by atoms with van der Waals surface area (Å²) < 4.78 is 5.72. The van der Waals surface area contributed by atoms with Crippen LogP contribution in [-0.4, -0.2) is 69.3 Å². The largest absolute Gasteiger partial charge is 0.376 e. The van der Waals surface area contributed by atoms with Crippen LogP contribution in [0.25, 0.3) is 11.4 Å². The van der Waals surface area contributed by atoms with Crippen LogP contribution < -0.4 is 5.32 Å². The lowest BCUT2D eigenvalue weighted by molar-refractivity contribution is -0.0390. The van der Waals surface area contributed by atoms with E-state index >= 15 is 0 Å². The van der Waals surface area contributed by atoms with Gasteiger partial charge in [0.25, 0.3) is 5.91 Å². The summed E-state index contributed by atoms with van der Waals surface area (Å²) in [7, 11) is 0. The normalized spacial score (nSPS) is 27.0. The maximum Gasteiger partial charge on any atom is 0.252 e. The van der Waals surface area contributed by atoms with E-state index in [1.54, 1.807) is 6.07 Å². The molecule has 2 N–H and O–H groups in total. The van der Waals surface area contributed by atoms with Crippen LogP contribution in [0.3, 0.4) is 0 Å². The molecule has 2 aromatic rings. The highest BCUT2D eigenvalue weighted by atomic mass is 16.5. The van der Waals surface area contributed by atoms with Gasteiger partial charge in [0.1, 0.15) is 0 Å². The molecule has 3 heterocycles. The van der Waals surface area contributed by atoms with E-state index in [0.717, 1.165) is 26.1 Å². The molecule has 1 aromatic heterocycles. The van der Waals surface area contributed by atoms with E-state index in [1.165, 1.54) is 0 Å². The third kappa shape index (κ3) is 2.90. The van der Waals surface area contributed by atoms with Crippen LogP contribution in [0.2, 0.25) is 0 Å². The van der Waals surface area contributed by atoms with Gasteiger partial charge >= 0.3 is 0 Å². The number of hydrogen-bond donors (Lipinski definition) is 2. The average molecular weight is 328 g/mol. The molecule has 24 heavy (non-hydrogen) atoms. The smallest absolute Gasteiger partial charge is 0.252 e. The SMILES string of the molecule is C[C@H]1CN2C[C@@H](NC(=O)c3ccccc3-c3nn[nH]n3)C[C@H]2CO1. The summed E-state index contributed by atoms with van der Waals surface area (Å²) in [6.07, 6.45) is 1.18. The Hall–Kier alpha value is -2.32. The van der Waals surface area contributed by atoms with E-state index in [1.807, 2.05) is 18.2 Å². The van der Waals surface area contributed by atoms with Crippen LogP contribution in [-0.2, 0) is 4.74 Å². The Morgan fingerprint density at radius 3 is 3.08 bits per heavy atom. The van der Waals surface area contributed by atoms with Gasteiger partial charge in [0.2, 0.25) is 5.82 Å². The first-order valence-corrected chi connectivity index (χ1v) is 8.20.